The summed E-state index contributed by atoms with van der Waals surface area (Å²) in [4.78, 5) is 0. The summed E-state index contributed by atoms with van der Waals surface area (Å²) in [6.07, 6.45) is 0. The van der Waals surface area contributed by atoms with Gasteiger partial charge in [0.1, 0.15) is 0 Å². The molecule has 3 aromatic carbocycles. The van der Waals surface area contributed by atoms with Crippen LogP contribution in [0.1, 0.15) is 11.1 Å². The summed E-state index contributed by atoms with van der Waals surface area (Å²) in [5.41, 5.74) is 2.60. The van der Waals surface area contributed by atoms with Gasteiger partial charge in [-0.25, -0.2) is 0 Å². The van der Waals surface area contributed by atoms with Crippen molar-refractivity contribution in [1.82, 2.24) is 0 Å². The van der Waals surface area contributed by atoms with Gasteiger partial charge < -0.3 is 0 Å². The highest BCUT2D eigenvalue weighted by Gasteiger charge is 2.37. The van der Waals surface area contributed by atoms with Crippen LogP contribution in [0.25, 0.3) is 0 Å². The van der Waals surface area contributed by atoms with Crippen LogP contribution in [0.15, 0.2) is 78.9 Å². The molecular weight excluding hydrogens is 304 g/mol. The summed E-state index contributed by atoms with van der Waals surface area (Å²) in [7, 11) is -2.46. The van der Waals surface area contributed by atoms with Crippen LogP contribution in [0.5, 0.6) is 0 Å². The number of hydrogen-bond acceptors (Lipinski definition) is 0. The van der Waals surface area contributed by atoms with E-state index in [0.29, 0.717) is 0 Å². The first-order valence-corrected chi connectivity index (χ1v) is 10.5. The zero-order valence-corrected chi connectivity index (χ0v) is 14.6. The maximum Gasteiger partial charge on any atom is 0.247 e. The molecule has 0 amide bonds. The quantitative estimate of drug-likeness (QED) is 0.393. The van der Waals surface area contributed by atoms with Crippen molar-refractivity contribution in [2.24, 2.45) is 0 Å². The first kappa shape index (κ1) is 15.1. The number of rotatable bonds is 3. The molecule has 0 heterocycles. The summed E-state index contributed by atoms with van der Waals surface area (Å²) < 4.78 is 0. The van der Waals surface area contributed by atoms with E-state index in [-0.39, 0.29) is 0 Å². The van der Waals surface area contributed by atoms with Crippen LogP contribution < -0.4 is 15.6 Å². The van der Waals surface area contributed by atoms with Gasteiger partial charge >= 0.3 is 0 Å². The molecule has 0 saturated carbocycles. The fourth-order valence-corrected chi connectivity index (χ4v) is 6.93. The van der Waals surface area contributed by atoms with E-state index in [1.165, 1.54) is 26.7 Å². The van der Waals surface area contributed by atoms with Crippen molar-refractivity contribution < 1.29 is 0 Å². The van der Waals surface area contributed by atoms with Gasteiger partial charge in [0.25, 0.3) is 0 Å². The first-order chi connectivity index (χ1) is 10.6. The maximum atomic E-state index is 7.38. The van der Waals surface area contributed by atoms with Crippen molar-refractivity contribution >= 4 is 34.0 Å². The van der Waals surface area contributed by atoms with Crippen molar-refractivity contribution in [2.45, 2.75) is 13.8 Å². The Morgan fingerprint density at radius 1 is 0.591 bits per heavy atom. The van der Waals surface area contributed by atoms with Gasteiger partial charge in [-0.3, -0.25) is 0 Å². The molecule has 0 aliphatic heterocycles. The van der Waals surface area contributed by atoms with Gasteiger partial charge in [0.05, 0.1) is 0 Å². The van der Waals surface area contributed by atoms with Gasteiger partial charge in [-0.1, -0.05) is 78.9 Å². The lowest BCUT2D eigenvalue weighted by atomic mass is 10.1. The molecule has 3 aromatic rings. The molecule has 0 radical (unpaired) electrons. The number of hydrogen-bond donors (Lipinski definition) is 0. The molecule has 22 heavy (non-hydrogen) atoms. The summed E-state index contributed by atoms with van der Waals surface area (Å²) >= 11 is 7.38. The van der Waals surface area contributed by atoms with Crippen molar-refractivity contribution in [2.75, 3.05) is 0 Å². The van der Waals surface area contributed by atoms with E-state index >= 15 is 0 Å². The van der Waals surface area contributed by atoms with Gasteiger partial charge in [0.15, 0.2) is 0 Å². The second-order valence-electron chi connectivity index (χ2n) is 5.69. The Morgan fingerprint density at radius 2 is 1.09 bits per heavy atom. The van der Waals surface area contributed by atoms with Crippen molar-refractivity contribution in [3.8, 4) is 0 Å². The molecule has 0 fully saturated rings. The molecule has 110 valence electrons. The molecular formula is C20H19ClSi. The Bertz CT molecular complexity index is 727. The predicted molar refractivity (Wildman–Crippen MR) is 99.3 cm³/mol. The van der Waals surface area contributed by atoms with Gasteiger partial charge in [-0.15, -0.1) is 11.1 Å². The van der Waals surface area contributed by atoms with Gasteiger partial charge in [-0.05, 0) is 40.5 Å². The first-order valence-electron chi connectivity index (χ1n) is 7.50. The smallest absolute Gasteiger partial charge is 0.149 e. The Kier molecular flexibility index (Phi) is 4.19. The minimum atomic E-state index is -2.46. The Hall–Kier alpha value is -1.83. The van der Waals surface area contributed by atoms with Crippen LogP contribution >= 0.6 is 11.1 Å². The lowest BCUT2D eigenvalue weighted by Crippen LogP contribution is -2.62. The van der Waals surface area contributed by atoms with E-state index < -0.39 is 7.38 Å². The van der Waals surface area contributed by atoms with E-state index in [9.17, 15) is 0 Å². The molecule has 0 N–H and O–H groups in total. The minimum Gasteiger partial charge on any atom is -0.149 e. The van der Waals surface area contributed by atoms with Gasteiger partial charge in [0.2, 0.25) is 7.38 Å². The number of aryl methyl sites for hydroxylation is 2. The summed E-state index contributed by atoms with van der Waals surface area (Å²) in [5.74, 6) is 0. The highest BCUT2D eigenvalue weighted by atomic mass is 35.6. The summed E-state index contributed by atoms with van der Waals surface area (Å²) in [6.45, 7) is 4.29. The fraction of sp³-hybridized carbons (Fsp3) is 0.100. The van der Waals surface area contributed by atoms with Crippen LogP contribution in [-0.2, 0) is 0 Å². The highest BCUT2D eigenvalue weighted by molar-refractivity contribution is 7.40. The molecule has 2 heteroatoms. The maximum absolute atomic E-state index is 7.38. The average molecular weight is 323 g/mol. The summed E-state index contributed by atoms with van der Waals surface area (Å²) in [6, 6.07) is 27.6. The molecule has 0 atom stereocenters. The molecule has 0 bridgehead atoms. The lowest BCUT2D eigenvalue weighted by molar-refractivity contribution is 1.35. The second kappa shape index (κ2) is 6.11. The van der Waals surface area contributed by atoms with E-state index in [4.69, 9.17) is 11.1 Å². The van der Waals surface area contributed by atoms with Crippen LogP contribution in [0, 0.1) is 13.8 Å². The molecule has 0 aliphatic rings. The molecule has 0 spiro atoms. The topological polar surface area (TPSA) is 0 Å². The minimum absolute atomic E-state index is 1.23. The SMILES string of the molecule is Cc1ccc([Si](Cl)(c2ccccc2)c2ccccc2)cc1C. The van der Waals surface area contributed by atoms with Crippen LogP contribution in [0.2, 0.25) is 0 Å². The molecule has 0 aromatic heterocycles. The van der Waals surface area contributed by atoms with E-state index in [2.05, 4.69) is 80.6 Å². The Morgan fingerprint density at radius 3 is 1.55 bits per heavy atom. The predicted octanol–water partition coefficient (Wildman–Crippen LogP) is 3.51. The third kappa shape index (κ3) is 2.62. The van der Waals surface area contributed by atoms with Crippen LogP contribution in [0.4, 0.5) is 0 Å². The monoisotopic (exact) mass is 322 g/mol. The molecule has 0 unspecified atom stereocenters. The lowest BCUT2D eigenvalue weighted by Gasteiger charge is -2.27. The third-order valence-electron chi connectivity index (χ3n) is 4.25. The normalized spacial score (nSPS) is 11.4. The second-order valence-corrected chi connectivity index (χ2v) is 10.4. The van der Waals surface area contributed by atoms with E-state index in [1.54, 1.807) is 0 Å². The van der Waals surface area contributed by atoms with Crippen molar-refractivity contribution in [3.05, 3.63) is 90.0 Å². The van der Waals surface area contributed by atoms with Crippen molar-refractivity contribution in [1.29, 1.82) is 0 Å². The van der Waals surface area contributed by atoms with E-state index in [1.807, 2.05) is 12.1 Å². The average Bonchev–Trinajstić information content (AvgIpc) is 2.58. The van der Waals surface area contributed by atoms with Gasteiger partial charge in [0, 0.05) is 0 Å². The number of halogens is 1. The molecule has 0 saturated heterocycles. The van der Waals surface area contributed by atoms with Gasteiger partial charge in [-0.2, -0.15) is 0 Å². The van der Waals surface area contributed by atoms with Crippen LogP contribution in [-0.4, -0.2) is 7.38 Å². The molecule has 0 nitrogen and oxygen atoms in total. The van der Waals surface area contributed by atoms with Crippen LogP contribution in [0.3, 0.4) is 0 Å². The number of benzene rings is 3. The molecule has 3 rings (SSSR count). The van der Waals surface area contributed by atoms with Crippen molar-refractivity contribution in [3.63, 3.8) is 0 Å². The Labute approximate surface area is 138 Å². The standard InChI is InChI=1S/C20H19ClSi/c1-16-13-14-20(15-17(16)2)22(21,18-9-5-3-6-10-18)19-11-7-4-8-12-19/h3-15H,1-2H3. The fourth-order valence-electron chi connectivity index (χ4n) is 2.79. The zero-order valence-electron chi connectivity index (χ0n) is 12.9. The third-order valence-corrected chi connectivity index (χ3v) is 9.58. The summed E-state index contributed by atoms with van der Waals surface area (Å²) in [5, 5.41) is 3.70. The molecule has 0 aliphatic carbocycles. The van der Waals surface area contributed by atoms with E-state index in [0.717, 1.165) is 0 Å². The Balaban J connectivity index is 2.26. The highest BCUT2D eigenvalue weighted by Crippen LogP contribution is 2.14. The largest absolute Gasteiger partial charge is 0.247 e. The zero-order chi connectivity index (χ0) is 15.6.